The summed E-state index contributed by atoms with van der Waals surface area (Å²) in [5.74, 6) is 0. The Labute approximate surface area is 124 Å². The molecule has 0 unspecified atom stereocenters. The summed E-state index contributed by atoms with van der Waals surface area (Å²) in [4.78, 5) is 0. The first-order chi connectivity index (χ1) is 8.81. The minimum Gasteiger partial charge on any atom is -0.398 e. The number of nitrogen functional groups attached to an aromatic ring is 1. The molecule has 1 heterocycles. The van der Waals surface area contributed by atoms with Crippen molar-refractivity contribution >= 4 is 48.7 Å². The van der Waals surface area contributed by atoms with E-state index in [9.17, 15) is 8.42 Å². The summed E-state index contributed by atoms with van der Waals surface area (Å²) < 4.78 is 28.2. The topological polar surface area (TPSA) is 72.2 Å². The van der Waals surface area contributed by atoms with Crippen LogP contribution in [0.4, 0.5) is 11.4 Å². The minimum absolute atomic E-state index is 0.277. The van der Waals surface area contributed by atoms with E-state index in [0.29, 0.717) is 11.4 Å². The normalized spacial score (nSPS) is 11.5. The zero-order valence-corrected chi connectivity index (χ0v) is 13.6. The molecule has 0 radical (unpaired) electrons. The van der Waals surface area contributed by atoms with Gasteiger partial charge < -0.3 is 5.73 Å². The lowest BCUT2D eigenvalue weighted by molar-refractivity contribution is 0.603. The molecular formula is C12H13BrN2O2S2. The molecule has 0 amide bonds. The average molecular weight is 361 g/mol. The number of benzene rings is 1. The van der Waals surface area contributed by atoms with E-state index in [1.54, 1.807) is 31.2 Å². The van der Waals surface area contributed by atoms with Gasteiger partial charge >= 0.3 is 0 Å². The molecule has 1 aromatic carbocycles. The Balaban J connectivity index is 2.39. The molecule has 0 atom stereocenters. The Kier molecular flexibility index (Phi) is 3.89. The van der Waals surface area contributed by atoms with Gasteiger partial charge in [0, 0.05) is 5.69 Å². The van der Waals surface area contributed by atoms with Gasteiger partial charge in [-0.2, -0.15) is 0 Å². The van der Waals surface area contributed by atoms with Crippen LogP contribution >= 0.6 is 27.3 Å². The number of nitrogens with two attached hydrogens (primary N) is 1. The van der Waals surface area contributed by atoms with E-state index in [2.05, 4.69) is 20.7 Å². The molecule has 2 aromatic rings. The van der Waals surface area contributed by atoms with Crippen LogP contribution in [0, 0.1) is 13.8 Å². The van der Waals surface area contributed by atoms with Crippen molar-refractivity contribution in [3.63, 3.8) is 0 Å². The van der Waals surface area contributed by atoms with Crippen molar-refractivity contribution in [2.45, 2.75) is 18.1 Å². The van der Waals surface area contributed by atoms with Crippen molar-refractivity contribution < 1.29 is 8.42 Å². The summed E-state index contributed by atoms with van der Waals surface area (Å²) in [5.41, 5.74) is 8.45. The van der Waals surface area contributed by atoms with Gasteiger partial charge in [-0.15, -0.1) is 11.3 Å². The Hall–Kier alpha value is -1.05. The van der Waals surface area contributed by atoms with Crippen LogP contribution in [0.1, 0.15) is 11.1 Å². The molecule has 102 valence electrons. The van der Waals surface area contributed by atoms with Crippen LogP contribution in [0.25, 0.3) is 0 Å². The first-order valence-electron chi connectivity index (χ1n) is 5.45. The van der Waals surface area contributed by atoms with Gasteiger partial charge in [0.15, 0.2) is 0 Å². The predicted octanol–water partition coefficient (Wildman–Crippen LogP) is 3.51. The number of rotatable bonds is 3. The van der Waals surface area contributed by atoms with Gasteiger partial charge in [-0.3, -0.25) is 4.72 Å². The smallest absolute Gasteiger partial charge is 0.271 e. The summed E-state index contributed by atoms with van der Waals surface area (Å²) in [6.07, 6.45) is 0. The quantitative estimate of drug-likeness (QED) is 0.822. The molecule has 0 saturated heterocycles. The number of anilines is 2. The zero-order chi connectivity index (χ0) is 14.2. The Bertz CT molecular complexity index is 704. The van der Waals surface area contributed by atoms with Gasteiger partial charge in [0.05, 0.1) is 9.47 Å². The number of halogens is 1. The van der Waals surface area contributed by atoms with E-state index in [-0.39, 0.29) is 4.21 Å². The van der Waals surface area contributed by atoms with E-state index >= 15 is 0 Å². The highest BCUT2D eigenvalue weighted by Gasteiger charge is 2.19. The highest BCUT2D eigenvalue weighted by molar-refractivity contribution is 9.11. The average Bonchev–Trinajstić information content (AvgIpc) is 2.66. The molecule has 0 saturated carbocycles. The second kappa shape index (κ2) is 5.15. The number of nitrogens with one attached hydrogen (secondary N) is 1. The fourth-order valence-corrected chi connectivity index (χ4v) is 4.87. The molecule has 1 aromatic heterocycles. The molecule has 4 nitrogen and oxygen atoms in total. The van der Waals surface area contributed by atoms with E-state index < -0.39 is 10.0 Å². The summed E-state index contributed by atoms with van der Waals surface area (Å²) in [5, 5.41) is 0. The number of hydrogen-bond donors (Lipinski definition) is 2. The third kappa shape index (κ3) is 2.93. The lowest BCUT2D eigenvalue weighted by Gasteiger charge is -2.10. The third-order valence-corrected chi connectivity index (χ3v) is 6.70. The van der Waals surface area contributed by atoms with Gasteiger partial charge in [-0.25, -0.2) is 8.42 Å². The third-order valence-electron chi connectivity index (χ3n) is 2.72. The molecule has 0 spiro atoms. The van der Waals surface area contributed by atoms with E-state index in [1.807, 2.05) is 6.92 Å². The van der Waals surface area contributed by atoms with Crippen LogP contribution in [0.2, 0.25) is 0 Å². The van der Waals surface area contributed by atoms with Gasteiger partial charge in [0.1, 0.15) is 4.21 Å². The lowest BCUT2D eigenvalue weighted by atomic mass is 10.2. The highest BCUT2D eigenvalue weighted by Crippen LogP contribution is 2.32. The fourth-order valence-electron chi connectivity index (χ4n) is 1.52. The Morgan fingerprint density at radius 1 is 1.32 bits per heavy atom. The minimum atomic E-state index is -3.57. The molecule has 3 N–H and O–H groups in total. The van der Waals surface area contributed by atoms with Crippen LogP contribution < -0.4 is 10.5 Å². The van der Waals surface area contributed by atoms with Crippen molar-refractivity contribution in [1.82, 2.24) is 0 Å². The van der Waals surface area contributed by atoms with Crippen molar-refractivity contribution in [3.8, 4) is 0 Å². The SMILES string of the molecule is Cc1cc(S(=O)(=O)Nc2cccc(N)c2C)sc1Br. The molecular weight excluding hydrogens is 348 g/mol. The first kappa shape index (κ1) is 14.4. The highest BCUT2D eigenvalue weighted by atomic mass is 79.9. The van der Waals surface area contributed by atoms with Crippen LogP contribution in [-0.4, -0.2) is 8.42 Å². The summed E-state index contributed by atoms with van der Waals surface area (Å²) >= 11 is 4.51. The van der Waals surface area contributed by atoms with Gasteiger partial charge in [-0.1, -0.05) is 6.07 Å². The lowest BCUT2D eigenvalue weighted by Crippen LogP contribution is -2.12. The second-order valence-corrected chi connectivity index (χ2v) is 8.43. The number of thiophene rings is 1. The Morgan fingerprint density at radius 2 is 2.00 bits per heavy atom. The molecule has 0 fully saturated rings. The maximum atomic E-state index is 12.3. The molecule has 0 aliphatic rings. The molecule has 0 aliphatic heterocycles. The molecule has 0 bridgehead atoms. The standard InChI is InChI=1S/C12H13BrN2O2S2/c1-7-6-11(18-12(7)13)19(16,17)15-10-5-3-4-9(14)8(10)2/h3-6,15H,14H2,1-2H3. The number of aryl methyl sites for hydroxylation is 1. The van der Waals surface area contributed by atoms with Crippen LogP contribution in [0.3, 0.4) is 0 Å². The van der Waals surface area contributed by atoms with E-state index in [4.69, 9.17) is 5.73 Å². The van der Waals surface area contributed by atoms with Crippen molar-refractivity contribution in [2.24, 2.45) is 0 Å². The monoisotopic (exact) mass is 360 g/mol. The summed E-state index contributed by atoms with van der Waals surface area (Å²) in [6, 6.07) is 6.78. The van der Waals surface area contributed by atoms with Crippen molar-refractivity contribution in [3.05, 3.63) is 39.2 Å². The predicted molar refractivity (Wildman–Crippen MR) is 83.2 cm³/mol. The summed E-state index contributed by atoms with van der Waals surface area (Å²) in [6.45, 7) is 3.63. The first-order valence-corrected chi connectivity index (χ1v) is 8.54. The van der Waals surface area contributed by atoms with Crippen molar-refractivity contribution in [1.29, 1.82) is 0 Å². The van der Waals surface area contributed by atoms with E-state index in [1.165, 1.54) is 11.3 Å². The van der Waals surface area contributed by atoms with Crippen molar-refractivity contribution in [2.75, 3.05) is 10.5 Å². The van der Waals surface area contributed by atoms with Crippen LogP contribution in [-0.2, 0) is 10.0 Å². The molecule has 7 heteroatoms. The maximum absolute atomic E-state index is 12.3. The summed E-state index contributed by atoms with van der Waals surface area (Å²) in [7, 11) is -3.57. The molecule has 19 heavy (non-hydrogen) atoms. The van der Waals surface area contributed by atoms with Crippen LogP contribution in [0.5, 0.6) is 0 Å². The largest absolute Gasteiger partial charge is 0.398 e. The fraction of sp³-hybridized carbons (Fsp3) is 0.167. The van der Waals surface area contributed by atoms with Gasteiger partial charge in [0.25, 0.3) is 10.0 Å². The number of sulfonamides is 1. The molecule has 2 rings (SSSR count). The molecule has 0 aliphatic carbocycles. The second-order valence-electron chi connectivity index (χ2n) is 4.15. The Morgan fingerprint density at radius 3 is 2.58 bits per heavy atom. The number of hydrogen-bond acceptors (Lipinski definition) is 4. The van der Waals surface area contributed by atoms with Gasteiger partial charge in [-0.05, 0) is 59.1 Å². The maximum Gasteiger partial charge on any atom is 0.271 e. The zero-order valence-electron chi connectivity index (χ0n) is 10.4. The van der Waals surface area contributed by atoms with E-state index in [0.717, 1.165) is 14.9 Å². The van der Waals surface area contributed by atoms with Crippen LogP contribution in [0.15, 0.2) is 32.3 Å². The van der Waals surface area contributed by atoms with Gasteiger partial charge in [0.2, 0.25) is 0 Å².